The van der Waals surface area contributed by atoms with E-state index in [0.717, 1.165) is 17.1 Å². The second kappa shape index (κ2) is 10.5. The van der Waals surface area contributed by atoms with Crippen molar-refractivity contribution in [1.29, 1.82) is 0 Å². The number of benzene rings is 2. The van der Waals surface area contributed by atoms with Crippen LogP contribution in [0.25, 0.3) is 11.3 Å². The summed E-state index contributed by atoms with van der Waals surface area (Å²) in [6, 6.07) is 21.0. The molecule has 0 saturated carbocycles. The zero-order chi connectivity index (χ0) is 26.8. The number of nitro groups is 1. The van der Waals surface area contributed by atoms with Gasteiger partial charge in [-0.2, -0.15) is 0 Å². The molecule has 3 heterocycles. The largest absolute Gasteiger partial charge is 0.496 e. The summed E-state index contributed by atoms with van der Waals surface area (Å²) in [5.74, 6) is 2.28. The normalized spacial score (nSPS) is 16.9. The number of rotatable bonds is 8. The number of nitro benzene ring substituents is 1. The molecule has 1 saturated heterocycles. The highest BCUT2D eigenvalue weighted by molar-refractivity contribution is 7.80. The van der Waals surface area contributed by atoms with Gasteiger partial charge in [-0.15, -0.1) is 0 Å². The van der Waals surface area contributed by atoms with Crippen LogP contribution in [-0.2, 0) is 0 Å². The van der Waals surface area contributed by atoms with E-state index in [1.165, 1.54) is 19.2 Å². The Labute approximate surface area is 225 Å². The lowest BCUT2D eigenvalue weighted by atomic mass is 10.0. The number of non-ortho nitro benzene ring substituents is 1. The van der Waals surface area contributed by atoms with Crippen molar-refractivity contribution in [2.45, 2.75) is 32.0 Å². The third-order valence-corrected chi connectivity index (χ3v) is 6.48. The fourth-order valence-corrected chi connectivity index (χ4v) is 4.88. The van der Waals surface area contributed by atoms with Crippen LogP contribution < -0.4 is 19.7 Å². The maximum Gasteiger partial charge on any atom is 0.273 e. The number of methoxy groups -OCH3 is 1. The minimum atomic E-state index is -0.460. The zero-order valence-corrected chi connectivity index (χ0v) is 21.8. The molecule has 9 nitrogen and oxygen atoms in total. The summed E-state index contributed by atoms with van der Waals surface area (Å²) in [5, 5.41) is 15.2. The Kier molecular flexibility index (Phi) is 6.97. The molecule has 5 rings (SSSR count). The van der Waals surface area contributed by atoms with Crippen molar-refractivity contribution >= 4 is 28.7 Å². The van der Waals surface area contributed by atoms with Crippen molar-refractivity contribution in [2.75, 3.05) is 12.0 Å². The summed E-state index contributed by atoms with van der Waals surface area (Å²) >= 11 is 5.79. The molecule has 194 valence electrons. The van der Waals surface area contributed by atoms with Gasteiger partial charge in [-0.1, -0.05) is 6.07 Å². The minimum absolute atomic E-state index is 0.0611. The van der Waals surface area contributed by atoms with Gasteiger partial charge in [-0.05, 0) is 80.7 Å². The van der Waals surface area contributed by atoms with Crippen molar-refractivity contribution in [1.82, 2.24) is 10.3 Å². The SMILES string of the molecule is COc1cc([N+](=O)[O-])ccc1-c1ccc(C2C(c3ccccn3)NC(=S)N2c2ccc(OC(C)C)cc2)o1. The second-order valence-corrected chi connectivity index (χ2v) is 9.39. The molecular weight excluding hydrogens is 504 g/mol. The van der Waals surface area contributed by atoms with Crippen LogP contribution in [0.3, 0.4) is 0 Å². The van der Waals surface area contributed by atoms with Gasteiger partial charge < -0.3 is 24.1 Å². The lowest BCUT2D eigenvalue weighted by Gasteiger charge is -2.26. The van der Waals surface area contributed by atoms with E-state index in [1.54, 1.807) is 12.3 Å². The van der Waals surface area contributed by atoms with Crippen molar-refractivity contribution < 1.29 is 18.8 Å². The summed E-state index contributed by atoms with van der Waals surface area (Å²) in [6.45, 7) is 3.96. The Hall–Kier alpha value is -4.44. The van der Waals surface area contributed by atoms with Crippen LogP contribution in [0.4, 0.5) is 11.4 Å². The summed E-state index contributed by atoms with van der Waals surface area (Å²) < 4.78 is 17.6. The number of hydrogen-bond donors (Lipinski definition) is 1. The lowest BCUT2D eigenvalue weighted by molar-refractivity contribution is -0.384. The molecule has 1 fully saturated rings. The number of anilines is 1. The van der Waals surface area contributed by atoms with Gasteiger partial charge in [0, 0.05) is 18.0 Å². The quantitative estimate of drug-likeness (QED) is 0.161. The molecule has 1 aliphatic heterocycles. The van der Waals surface area contributed by atoms with E-state index >= 15 is 0 Å². The van der Waals surface area contributed by atoms with Gasteiger partial charge in [-0.3, -0.25) is 15.1 Å². The average Bonchev–Trinajstić information content (AvgIpc) is 3.53. The Bertz CT molecular complexity index is 1460. The first-order valence-electron chi connectivity index (χ1n) is 12.1. The monoisotopic (exact) mass is 530 g/mol. The van der Waals surface area contributed by atoms with Gasteiger partial charge in [-0.25, -0.2) is 0 Å². The molecule has 4 aromatic rings. The molecule has 2 aromatic carbocycles. The van der Waals surface area contributed by atoms with Crippen LogP contribution in [0, 0.1) is 10.1 Å². The van der Waals surface area contributed by atoms with Crippen LogP contribution >= 0.6 is 12.2 Å². The number of hydrogen-bond acceptors (Lipinski definition) is 7. The summed E-state index contributed by atoms with van der Waals surface area (Å²) in [6.07, 6.45) is 1.81. The molecular formula is C28H26N4O5S. The van der Waals surface area contributed by atoms with E-state index in [4.69, 9.17) is 26.1 Å². The van der Waals surface area contributed by atoms with E-state index in [1.807, 2.05) is 73.3 Å². The van der Waals surface area contributed by atoms with Crippen molar-refractivity contribution in [3.63, 3.8) is 0 Å². The lowest BCUT2D eigenvalue weighted by Crippen LogP contribution is -2.29. The predicted octanol–water partition coefficient (Wildman–Crippen LogP) is 6.22. The predicted molar refractivity (Wildman–Crippen MR) is 147 cm³/mol. The number of pyridine rings is 1. The number of nitrogens with zero attached hydrogens (tertiary/aromatic N) is 3. The highest BCUT2D eigenvalue weighted by Crippen LogP contribution is 2.44. The molecule has 1 N–H and O–H groups in total. The molecule has 0 amide bonds. The first-order valence-corrected chi connectivity index (χ1v) is 12.5. The average molecular weight is 531 g/mol. The third-order valence-electron chi connectivity index (χ3n) is 6.16. The van der Waals surface area contributed by atoms with E-state index in [2.05, 4.69) is 10.3 Å². The molecule has 1 aliphatic rings. The van der Waals surface area contributed by atoms with Gasteiger partial charge in [0.25, 0.3) is 5.69 Å². The third kappa shape index (κ3) is 4.90. The summed E-state index contributed by atoms with van der Waals surface area (Å²) in [5.41, 5.74) is 2.23. The standard InChI is InChI=1S/C28H26N4O5S/c1-17(2)36-20-10-7-18(8-11-20)31-27(26(30-28(31)38)22-6-4-5-15-29-22)24-14-13-23(37-24)21-12-9-19(32(33)34)16-25(21)35-3/h4-17,26-27H,1-3H3,(H,30,38). The van der Waals surface area contributed by atoms with Crippen LogP contribution in [0.1, 0.15) is 37.4 Å². The smallest absolute Gasteiger partial charge is 0.273 e. The van der Waals surface area contributed by atoms with Crippen LogP contribution in [0.5, 0.6) is 11.5 Å². The van der Waals surface area contributed by atoms with Crippen molar-refractivity contribution in [3.05, 3.63) is 101 Å². The molecule has 0 spiro atoms. The van der Waals surface area contributed by atoms with E-state index in [9.17, 15) is 10.1 Å². The van der Waals surface area contributed by atoms with Crippen LogP contribution in [0.2, 0.25) is 0 Å². The highest BCUT2D eigenvalue weighted by atomic mass is 32.1. The highest BCUT2D eigenvalue weighted by Gasteiger charge is 2.42. The van der Waals surface area contributed by atoms with Gasteiger partial charge in [0.2, 0.25) is 0 Å². The molecule has 0 bridgehead atoms. The number of thiocarbonyl (C=S) groups is 1. The summed E-state index contributed by atoms with van der Waals surface area (Å²) in [4.78, 5) is 17.3. The molecule has 2 atom stereocenters. The Morgan fingerprint density at radius 1 is 1.11 bits per heavy atom. The summed E-state index contributed by atoms with van der Waals surface area (Å²) in [7, 11) is 1.47. The van der Waals surface area contributed by atoms with E-state index in [0.29, 0.717) is 27.9 Å². The molecule has 2 unspecified atom stereocenters. The fourth-order valence-electron chi connectivity index (χ4n) is 4.53. The molecule has 0 radical (unpaired) electrons. The fraction of sp³-hybridized carbons (Fsp3) is 0.214. The minimum Gasteiger partial charge on any atom is -0.496 e. The maximum atomic E-state index is 11.2. The van der Waals surface area contributed by atoms with Gasteiger partial charge >= 0.3 is 0 Å². The Balaban J connectivity index is 1.56. The van der Waals surface area contributed by atoms with Crippen LogP contribution in [0.15, 0.2) is 83.4 Å². The zero-order valence-electron chi connectivity index (χ0n) is 21.0. The second-order valence-electron chi connectivity index (χ2n) is 9.00. The number of ether oxygens (including phenoxy) is 2. The molecule has 2 aromatic heterocycles. The molecule has 0 aliphatic carbocycles. The Morgan fingerprint density at radius 2 is 1.89 bits per heavy atom. The number of furan rings is 1. The van der Waals surface area contributed by atoms with Gasteiger partial charge in [0.05, 0.1) is 41.5 Å². The Morgan fingerprint density at radius 3 is 2.55 bits per heavy atom. The van der Waals surface area contributed by atoms with Gasteiger partial charge in [0.1, 0.15) is 29.1 Å². The molecule has 38 heavy (non-hydrogen) atoms. The number of nitrogens with one attached hydrogen (secondary N) is 1. The van der Waals surface area contributed by atoms with Crippen LogP contribution in [-0.4, -0.2) is 28.2 Å². The van der Waals surface area contributed by atoms with Crippen molar-refractivity contribution in [3.8, 4) is 22.8 Å². The topological polar surface area (TPSA) is 103 Å². The van der Waals surface area contributed by atoms with E-state index < -0.39 is 4.92 Å². The number of aromatic nitrogens is 1. The van der Waals surface area contributed by atoms with Crippen molar-refractivity contribution in [2.24, 2.45) is 0 Å². The molecule has 10 heteroatoms. The first-order chi connectivity index (χ1) is 18.4. The van der Waals surface area contributed by atoms with Gasteiger partial charge in [0.15, 0.2) is 5.11 Å². The first kappa shape index (κ1) is 25.2. The van der Waals surface area contributed by atoms with E-state index in [-0.39, 0.29) is 23.9 Å². The maximum absolute atomic E-state index is 11.2.